The topological polar surface area (TPSA) is 29.4 Å². The van der Waals surface area contributed by atoms with Crippen molar-refractivity contribution in [1.82, 2.24) is 0 Å². The molecule has 0 heterocycles. The average molecular weight is 165 g/mol. The fourth-order valence-electron chi connectivity index (χ4n) is 2.76. The third kappa shape index (κ3) is 1.19. The Morgan fingerprint density at radius 1 is 1.42 bits per heavy atom. The third-order valence-corrected chi connectivity index (χ3v) is 3.30. The lowest BCUT2D eigenvalue weighted by atomic mass is 9.72. The fraction of sp³-hybridized carbons (Fsp3) is 0.800. The first-order valence-electron chi connectivity index (χ1n) is 4.84. The van der Waals surface area contributed by atoms with Crippen molar-refractivity contribution in [1.29, 1.82) is 0 Å². The maximum absolute atomic E-state index is 10.6. The smallest absolute Gasteiger partial charge is 0.0869 e. The summed E-state index contributed by atoms with van der Waals surface area (Å²) in [6.07, 6.45) is 6.19. The summed E-state index contributed by atoms with van der Waals surface area (Å²) in [5.74, 6) is 1.37. The molecule has 2 nitrogen and oxygen atoms in total. The Hall–Kier alpha value is -0.660. The summed E-state index contributed by atoms with van der Waals surface area (Å²) in [6, 6.07) is 0. The molecule has 1 fully saturated rings. The minimum atomic E-state index is 0.509. The van der Waals surface area contributed by atoms with Crippen molar-refractivity contribution in [3.05, 3.63) is 16.2 Å². The molecule has 12 heavy (non-hydrogen) atoms. The second kappa shape index (κ2) is 3.00. The molecule has 0 spiro atoms. The summed E-state index contributed by atoms with van der Waals surface area (Å²) in [5, 5.41) is 3.18. The molecule has 2 rings (SSSR count). The van der Waals surface area contributed by atoms with E-state index in [0.717, 1.165) is 18.0 Å². The van der Waals surface area contributed by atoms with Crippen LogP contribution in [0.25, 0.3) is 0 Å². The maximum atomic E-state index is 10.6. The van der Waals surface area contributed by atoms with E-state index in [1.165, 1.54) is 31.3 Å². The van der Waals surface area contributed by atoms with Crippen LogP contribution in [0, 0.1) is 16.7 Å². The molecule has 0 aromatic heterocycles. The van der Waals surface area contributed by atoms with Crippen molar-refractivity contribution < 1.29 is 0 Å². The van der Waals surface area contributed by atoms with Crippen LogP contribution in [-0.2, 0) is 0 Å². The van der Waals surface area contributed by atoms with Gasteiger partial charge in [-0.25, -0.2) is 0 Å². The normalized spacial score (nSPS) is 35.1. The fourth-order valence-corrected chi connectivity index (χ4v) is 2.76. The predicted molar refractivity (Wildman–Crippen MR) is 48.6 cm³/mol. The number of fused-ring (bicyclic) bond motifs is 2. The second-order valence-corrected chi connectivity index (χ2v) is 4.19. The summed E-state index contributed by atoms with van der Waals surface area (Å²) < 4.78 is 0. The van der Waals surface area contributed by atoms with Crippen LogP contribution >= 0.6 is 0 Å². The van der Waals surface area contributed by atoms with Crippen LogP contribution in [-0.4, -0.2) is 0 Å². The van der Waals surface area contributed by atoms with E-state index in [1.807, 2.05) is 0 Å². The molecule has 0 aliphatic heterocycles. The largest absolute Gasteiger partial charge is 0.145 e. The Morgan fingerprint density at radius 3 is 3.00 bits per heavy atom. The van der Waals surface area contributed by atoms with Gasteiger partial charge in [-0.1, -0.05) is 12.8 Å². The highest BCUT2D eigenvalue weighted by Crippen LogP contribution is 2.43. The lowest BCUT2D eigenvalue weighted by Crippen LogP contribution is -2.22. The zero-order valence-electron chi connectivity index (χ0n) is 7.55. The van der Waals surface area contributed by atoms with Crippen molar-refractivity contribution in [2.24, 2.45) is 17.0 Å². The summed E-state index contributed by atoms with van der Waals surface area (Å²) >= 11 is 0. The van der Waals surface area contributed by atoms with Crippen molar-refractivity contribution in [3.63, 3.8) is 0 Å². The summed E-state index contributed by atoms with van der Waals surface area (Å²) in [4.78, 5) is 10.6. The van der Waals surface area contributed by atoms with Gasteiger partial charge in [0.05, 0.1) is 5.70 Å². The zero-order chi connectivity index (χ0) is 8.55. The van der Waals surface area contributed by atoms with Crippen LogP contribution in [0.1, 0.15) is 39.0 Å². The molecule has 0 aromatic carbocycles. The minimum Gasteiger partial charge on any atom is -0.145 e. The number of hydrogen-bond acceptors (Lipinski definition) is 2. The Balaban J connectivity index is 2.27. The molecule has 0 radical (unpaired) electrons. The molecule has 1 saturated carbocycles. The Labute approximate surface area is 73.0 Å². The first kappa shape index (κ1) is 7.96. The van der Waals surface area contributed by atoms with Crippen molar-refractivity contribution in [2.45, 2.75) is 39.0 Å². The van der Waals surface area contributed by atoms with Crippen molar-refractivity contribution in [3.8, 4) is 0 Å². The zero-order valence-corrected chi connectivity index (χ0v) is 7.55. The highest BCUT2D eigenvalue weighted by molar-refractivity contribution is 5.19. The molecule has 2 bridgehead atoms. The van der Waals surface area contributed by atoms with Crippen molar-refractivity contribution in [2.75, 3.05) is 0 Å². The molecule has 2 heteroatoms. The highest BCUT2D eigenvalue weighted by atomic mass is 16.3. The molecule has 2 aliphatic rings. The number of nitrogens with zero attached hydrogens (tertiary/aromatic N) is 1. The Bertz CT molecular complexity index is 232. The van der Waals surface area contributed by atoms with E-state index in [2.05, 4.69) is 12.1 Å². The molecular weight excluding hydrogens is 150 g/mol. The molecule has 2 atom stereocenters. The van der Waals surface area contributed by atoms with E-state index in [0.29, 0.717) is 5.92 Å². The van der Waals surface area contributed by atoms with Gasteiger partial charge in [-0.15, -0.1) is 4.91 Å². The van der Waals surface area contributed by atoms with Crippen LogP contribution in [0.15, 0.2) is 16.4 Å². The van der Waals surface area contributed by atoms with Gasteiger partial charge in [0.2, 0.25) is 0 Å². The monoisotopic (exact) mass is 165 g/mol. The van der Waals surface area contributed by atoms with E-state index in [4.69, 9.17) is 0 Å². The van der Waals surface area contributed by atoms with Crippen LogP contribution < -0.4 is 0 Å². The number of allylic oxidation sites excluding steroid dienone is 2. The lowest BCUT2D eigenvalue weighted by molar-refractivity contribution is 0.269. The SMILES string of the molecule is CC1=C(N=O)C2CCCC(C1)C2. The number of hydrogen-bond donors (Lipinski definition) is 0. The summed E-state index contributed by atoms with van der Waals surface area (Å²) in [7, 11) is 0. The minimum absolute atomic E-state index is 0.509. The second-order valence-electron chi connectivity index (χ2n) is 4.19. The Morgan fingerprint density at radius 2 is 2.25 bits per heavy atom. The molecule has 0 amide bonds. The first-order valence-corrected chi connectivity index (χ1v) is 4.84. The van der Waals surface area contributed by atoms with Gasteiger partial charge in [0.1, 0.15) is 0 Å². The van der Waals surface area contributed by atoms with Crippen molar-refractivity contribution >= 4 is 0 Å². The summed E-state index contributed by atoms with van der Waals surface area (Å²) in [6.45, 7) is 2.07. The van der Waals surface area contributed by atoms with Crippen LogP contribution in [0.3, 0.4) is 0 Å². The lowest BCUT2D eigenvalue weighted by Gasteiger charge is -2.34. The first-order chi connectivity index (χ1) is 5.81. The van der Waals surface area contributed by atoms with Gasteiger partial charge in [0.25, 0.3) is 0 Å². The van der Waals surface area contributed by atoms with E-state index < -0.39 is 0 Å². The van der Waals surface area contributed by atoms with E-state index >= 15 is 0 Å². The highest BCUT2D eigenvalue weighted by Gasteiger charge is 2.31. The molecule has 0 saturated heterocycles. The van der Waals surface area contributed by atoms with Gasteiger partial charge in [-0.05, 0) is 42.9 Å². The van der Waals surface area contributed by atoms with Gasteiger partial charge in [-0.3, -0.25) is 0 Å². The molecule has 0 N–H and O–H groups in total. The van der Waals surface area contributed by atoms with Crippen LogP contribution in [0.4, 0.5) is 0 Å². The molecule has 0 aromatic rings. The molecular formula is C10H15NO. The average Bonchev–Trinajstić information content (AvgIpc) is 2.04. The van der Waals surface area contributed by atoms with Crippen LogP contribution in [0.5, 0.6) is 0 Å². The molecule has 66 valence electrons. The number of rotatable bonds is 1. The molecule has 2 aliphatic carbocycles. The van der Waals surface area contributed by atoms with E-state index in [-0.39, 0.29) is 0 Å². The van der Waals surface area contributed by atoms with Gasteiger partial charge >= 0.3 is 0 Å². The quantitative estimate of drug-likeness (QED) is 0.548. The van der Waals surface area contributed by atoms with Crippen LogP contribution in [0.2, 0.25) is 0 Å². The standard InChI is InChI=1S/C10H15NO/c1-7-5-8-3-2-4-9(6-8)10(7)11-12/h8-9H,2-6H2,1H3. The third-order valence-electron chi connectivity index (χ3n) is 3.30. The van der Waals surface area contributed by atoms with E-state index in [1.54, 1.807) is 0 Å². The van der Waals surface area contributed by atoms with Gasteiger partial charge < -0.3 is 0 Å². The maximum Gasteiger partial charge on any atom is 0.0869 e. The summed E-state index contributed by atoms with van der Waals surface area (Å²) in [5.41, 5.74) is 2.14. The van der Waals surface area contributed by atoms with E-state index in [9.17, 15) is 4.91 Å². The molecule has 2 unspecified atom stereocenters. The Kier molecular flexibility index (Phi) is 1.99. The number of nitroso groups, excluding NO2 is 1. The van der Waals surface area contributed by atoms with Gasteiger partial charge in [0.15, 0.2) is 0 Å². The predicted octanol–water partition coefficient (Wildman–Crippen LogP) is 3.24. The van der Waals surface area contributed by atoms with Gasteiger partial charge in [0, 0.05) is 5.92 Å². The van der Waals surface area contributed by atoms with Gasteiger partial charge in [-0.2, -0.15) is 0 Å².